The van der Waals surface area contributed by atoms with Gasteiger partial charge in [-0.15, -0.1) is 0 Å². The van der Waals surface area contributed by atoms with Crippen molar-refractivity contribution in [2.24, 2.45) is 0 Å². The highest BCUT2D eigenvalue weighted by atomic mass is 16.1. The van der Waals surface area contributed by atoms with Crippen molar-refractivity contribution in [3.63, 3.8) is 0 Å². The highest BCUT2D eigenvalue weighted by Gasteiger charge is 2.08. The lowest BCUT2D eigenvalue weighted by Gasteiger charge is -2.04. The molecule has 0 spiro atoms. The Hall–Kier alpha value is -1.19. The fourth-order valence-corrected chi connectivity index (χ4v) is 0.604. The zero-order valence-electron chi connectivity index (χ0n) is 5.98. The van der Waals surface area contributed by atoms with E-state index in [1.807, 2.05) is 0 Å². The molecule has 0 aliphatic carbocycles. The maximum absolute atomic E-state index is 10.8. The molecule has 54 valence electrons. The Kier molecular flexibility index (Phi) is 1.80. The molecule has 1 aromatic rings. The minimum atomic E-state index is -0.192. The maximum Gasteiger partial charge on any atom is 0.154 e. The Labute approximate surface area is 58.9 Å². The lowest BCUT2D eigenvalue weighted by atomic mass is 10.2. The molecule has 0 aromatic carbocycles. The minimum absolute atomic E-state index is 0.0884. The first-order chi connectivity index (χ1) is 4.72. The van der Waals surface area contributed by atoms with Gasteiger partial charge in [0.15, 0.2) is 5.78 Å². The summed E-state index contributed by atoms with van der Waals surface area (Å²) in [5.74, 6) is 0.0884. The van der Waals surface area contributed by atoms with Crippen LogP contribution in [0, 0.1) is 0 Å². The van der Waals surface area contributed by atoms with E-state index < -0.39 is 0 Å². The molecule has 1 atom stereocenters. The Morgan fingerprint density at radius 1 is 1.70 bits per heavy atom. The number of rotatable bonds is 2. The molecule has 0 amide bonds. The topological polar surface area (TPSA) is 47.8 Å². The van der Waals surface area contributed by atoms with Crippen LogP contribution in [-0.4, -0.2) is 20.5 Å². The van der Waals surface area contributed by atoms with Gasteiger partial charge in [0.2, 0.25) is 0 Å². The lowest BCUT2D eigenvalue weighted by molar-refractivity contribution is -0.119. The third-order valence-corrected chi connectivity index (χ3v) is 1.42. The second-order valence-corrected chi connectivity index (χ2v) is 2.16. The SMILES string of the molecule is CC(=O)C(C)n1cncn1. The van der Waals surface area contributed by atoms with Crippen molar-refractivity contribution in [3.8, 4) is 0 Å². The van der Waals surface area contributed by atoms with Crippen LogP contribution in [0.1, 0.15) is 19.9 Å². The van der Waals surface area contributed by atoms with Gasteiger partial charge in [-0.05, 0) is 13.8 Å². The monoisotopic (exact) mass is 139 g/mol. The van der Waals surface area contributed by atoms with Gasteiger partial charge in [0.1, 0.15) is 18.7 Å². The van der Waals surface area contributed by atoms with Crippen LogP contribution < -0.4 is 0 Å². The highest BCUT2D eigenvalue weighted by Crippen LogP contribution is 2.01. The van der Waals surface area contributed by atoms with Gasteiger partial charge in [0.05, 0.1) is 0 Å². The van der Waals surface area contributed by atoms with Crippen molar-refractivity contribution in [2.45, 2.75) is 19.9 Å². The summed E-state index contributed by atoms with van der Waals surface area (Å²) >= 11 is 0. The number of hydrogen-bond donors (Lipinski definition) is 0. The average molecular weight is 139 g/mol. The van der Waals surface area contributed by atoms with Crippen molar-refractivity contribution < 1.29 is 4.79 Å². The summed E-state index contributed by atoms with van der Waals surface area (Å²) in [5, 5.41) is 3.82. The number of nitrogens with zero attached hydrogens (tertiary/aromatic N) is 3. The molecule has 0 radical (unpaired) electrons. The van der Waals surface area contributed by atoms with E-state index in [1.54, 1.807) is 6.92 Å². The summed E-state index contributed by atoms with van der Waals surface area (Å²) < 4.78 is 1.53. The molecular weight excluding hydrogens is 130 g/mol. The molecule has 0 aliphatic rings. The molecule has 1 aromatic heterocycles. The number of hydrogen-bond acceptors (Lipinski definition) is 3. The highest BCUT2D eigenvalue weighted by molar-refractivity contribution is 5.79. The van der Waals surface area contributed by atoms with Crippen LogP contribution in [0.4, 0.5) is 0 Å². The summed E-state index contributed by atoms with van der Waals surface area (Å²) in [6, 6.07) is -0.192. The first kappa shape index (κ1) is 6.92. The average Bonchev–Trinajstić information content (AvgIpc) is 2.36. The van der Waals surface area contributed by atoms with E-state index >= 15 is 0 Å². The number of carbonyl (C=O) groups excluding carboxylic acids is 1. The third-order valence-electron chi connectivity index (χ3n) is 1.42. The fraction of sp³-hybridized carbons (Fsp3) is 0.500. The van der Waals surface area contributed by atoms with Crippen LogP contribution in [-0.2, 0) is 4.79 Å². The Balaban J connectivity index is 2.77. The van der Waals surface area contributed by atoms with Gasteiger partial charge in [-0.2, -0.15) is 5.10 Å². The maximum atomic E-state index is 10.8. The zero-order chi connectivity index (χ0) is 7.56. The number of carbonyl (C=O) groups is 1. The standard InChI is InChI=1S/C6H9N3O/c1-5(6(2)10)9-4-7-3-8-9/h3-5H,1-2H3. The molecule has 1 heterocycles. The fourth-order valence-electron chi connectivity index (χ4n) is 0.604. The van der Waals surface area contributed by atoms with Gasteiger partial charge >= 0.3 is 0 Å². The Bertz CT molecular complexity index is 217. The summed E-state index contributed by atoms with van der Waals surface area (Å²) in [6.07, 6.45) is 2.95. The van der Waals surface area contributed by atoms with Crippen LogP contribution in [0.25, 0.3) is 0 Å². The van der Waals surface area contributed by atoms with Crippen molar-refractivity contribution in [1.29, 1.82) is 0 Å². The van der Waals surface area contributed by atoms with E-state index in [0.29, 0.717) is 0 Å². The summed E-state index contributed by atoms with van der Waals surface area (Å²) in [7, 11) is 0. The van der Waals surface area contributed by atoms with Gasteiger partial charge in [-0.3, -0.25) is 4.79 Å². The molecule has 1 unspecified atom stereocenters. The molecule has 1 rings (SSSR count). The van der Waals surface area contributed by atoms with Gasteiger partial charge in [-0.25, -0.2) is 9.67 Å². The first-order valence-electron chi connectivity index (χ1n) is 3.06. The second kappa shape index (κ2) is 2.60. The van der Waals surface area contributed by atoms with Crippen LogP contribution >= 0.6 is 0 Å². The first-order valence-corrected chi connectivity index (χ1v) is 3.06. The molecule has 0 N–H and O–H groups in total. The molecule has 10 heavy (non-hydrogen) atoms. The van der Waals surface area contributed by atoms with Crippen molar-refractivity contribution in [3.05, 3.63) is 12.7 Å². The molecule has 4 nitrogen and oxygen atoms in total. The molecule has 0 saturated carbocycles. The van der Waals surface area contributed by atoms with E-state index in [4.69, 9.17) is 0 Å². The molecular formula is C6H9N3O. The van der Waals surface area contributed by atoms with Crippen LogP contribution in [0.15, 0.2) is 12.7 Å². The molecule has 0 fully saturated rings. The van der Waals surface area contributed by atoms with Crippen molar-refractivity contribution in [2.75, 3.05) is 0 Å². The van der Waals surface area contributed by atoms with Crippen LogP contribution in [0.2, 0.25) is 0 Å². The van der Waals surface area contributed by atoms with Crippen molar-refractivity contribution in [1.82, 2.24) is 14.8 Å². The number of aromatic nitrogens is 3. The van der Waals surface area contributed by atoms with Crippen LogP contribution in [0.3, 0.4) is 0 Å². The smallest absolute Gasteiger partial charge is 0.154 e. The van der Waals surface area contributed by atoms with Gasteiger partial charge in [0.25, 0.3) is 0 Å². The third kappa shape index (κ3) is 1.21. The Morgan fingerprint density at radius 2 is 2.40 bits per heavy atom. The lowest BCUT2D eigenvalue weighted by Crippen LogP contribution is -2.13. The molecule has 0 saturated heterocycles. The van der Waals surface area contributed by atoms with E-state index in [-0.39, 0.29) is 11.8 Å². The van der Waals surface area contributed by atoms with E-state index in [1.165, 1.54) is 24.3 Å². The van der Waals surface area contributed by atoms with Crippen LogP contribution in [0.5, 0.6) is 0 Å². The second-order valence-electron chi connectivity index (χ2n) is 2.16. The van der Waals surface area contributed by atoms with E-state index in [9.17, 15) is 4.79 Å². The predicted octanol–water partition coefficient (Wildman–Crippen LogP) is 0.428. The quantitative estimate of drug-likeness (QED) is 0.596. The number of ketones is 1. The summed E-state index contributed by atoms with van der Waals surface area (Å²) in [4.78, 5) is 14.5. The van der Waals surface area contributed by atoms with E-state index in [2.05, 4.69) is 10.1 Å². The summed E-state index contributed by atoms with van der Waals surface area (Å²) in [5.41, 5.74) is 0. The van der Waals surface area contributed by atoms with Gasteiger partial charge in [-0.1, -0.05) is 0 Å². The molecule has 4 heteroatoms. The van der Waals surface area contributed by atoms with E-state index in [0.717, 1.165) is 0 Å². The van der Waals surface area contributed by atoms with Gasteiger partial charge < -0.3 is 0 Å². The zero-order valence-corrected chi connectivity index (χ0v) is 5.98. The molecule has 0 bridgehead atoms. The van der Waals surface area contributed by atoms with Gasteiger partial charge in [0, 0.05) is 0 Å². The van der Waals surface area contributed by atoms with Crippen molar-refractivity contribution >= 4 is 5.78 Å². The largest absolute Gasteiger partial charge is 0.298 e. The minimum Gasteiger partial charge on any atom is -0.298 e. The number of Topliss-reactive ketones (excluding diaryl/α,β-unsaturated/α-hetero) is 1. The predicted molar refractivity (Wildman–Crippen MR) is 35.4 cm³/mol. The molecule has 0 aliphatic heterocycles. The summed E-state index contributed by atoms with van der Waals surface area (Å²) in [6.45, 7) is 3.32. The Morgan fingerprint density at radius 3 is 2.80 bits per heavy atom. The normalized spacial score (nSPS) is 13.0.